The molecule has 0 aromatic carbocycles. The Balaban J connectivity index is 2.35. The summed E-state index contributed by atoms with van der Waals surface area (Å²) < 4.78 is 6.38. The number of aliphatic hydroxyl groups excluding tert-OH is 3. The number of nitrogens with one attached hydrogen (secondary N) is 1. The summed E-state index contributed by atoms with van der Waals surface area (Å²) in [5, 5.41) is 27.5. The van der Waals surface area contributed by atoms with Crippen LogP contribution in [0.1, 0.15) is 18.2 Å². The van der Waals surface area contributed by atoms with Crippen LogP contribution < -0.4 is 11.2 Å². The lowest BCUT2D eigenvalue weighted by Crippen LogP contribution is -2.34. The topological polar surface area (TPSA) is 125 Å². The van der Waals surface area contributed by atoms with Crippen molar-refractivity contribution in [2.45, 2.75) is 31.5 Å². The van der Waals surface area contributed by atoms with Gasteiger partial charge in [-0.05, 0) is 0 Å². The van der Waals surface area contributed by atoms with Crippen molar-refractivity contribution in [2.24, 2.45) is 0 Å². The van der Waals surface area contributed by atoms with Crippen molar-refractivity contribution in [1.29, 1.82) is 0 Å². The molecular weight excluding hydrogens is 244 g/mol. The second-order valence-corrected chi connectivity index (χ2v) is 4.09. The Kier molecular flexibility index (Phi) is 3.62. The summed E-state index contributed by atoms with van der Waals surface area (Å²) in [5.41, 5.74) is -1.32. The molecule has 1 saturated heterocycles. The quantitative estimate of drug-likeness (QED) is 0.482. The molecule has 4 N–H and O–H groups in total. The minimum Gasteiger partial charge on any atom is -0.394 e. The number of rotatable bonds is 3. The van der Waals surface area contributed by atoms with Crippen LogP contribution in [0.2, 0.25) is 0 Å². The number of hydrogen-bond donors (Lipinski definition) is 4. The molecule has 8 nitrogen and oxygen atoms in total. The fourth-order valence-electron chi connectivity index (χ4n) is 1.90. The monoisotopic (exact) mass is 258 g/mol. The van der Waals surface area contributed by atoms with Gasteiger partial charge in [-0.2, -0.15) is 0 Å². The lowest BCUT2D eigenvalue weighted by atomic mass is 10.2. The average Bonchev–Trinajstić information content (AvgIpc) is 2.70. The van der Waals surface area contributed by atoms with Crippen LogP contribution in [0.5, 0.6) is 0 Å². The van der Waals surface area contributed by atoms with Gasteiger partial charge in [-0.1, -0.05) is 0 Å². The van der Waals surface area contributed by atoms with Crippen LogP contribution in [0.25, 0.3) is 0 Å². The van der Waals surface area contributed by atoms with Gasteiger partial charge < -0.3 is 20.1 Å². The second kappa shape index (κ2) is 5.02. The van der Waals surface area contributed by atoms with Crippen LogP contribution in [-0.4, -0.2) is 43.7 Å². The molecule has 0 amide bonds. The van der Waals surface area contributed by atoms with Crippen LogP contribution >= 0.6 is 0 Å². The molecule has 0 aliphatic carbocycles. The largest absolute Gasteiger partial charge is 0.394 e. The van der Waals surface area contributed by atoms with Crippen LogP contribution in [0.3, 0.4) is 0 Å². The smallest absolute Gasteiger partial charge is 0.330 e. The van der Waals surface area contributed by atoms with E-state index in [1.165, 1.54) is 6.20 Å². The standard InChI is InChI=1S/C10H14N2O6/c13-3-5-2-12(10(17)11-9(5)16)8-1-6(15)7(4-14)18-8/h2,6-8,13-15H,1,3-4H2,(H,11,16,17)/t6-,7+,8-/m0/s1. The highest BCUT2D eigenvalue weighted by Gasteiger charge is 2.35. The molecule has 8 heteroatoms. The van der Waals surface area contributed by atoms with E-state index in [2.05, 4.69) is 4.98 Å². The third-order valence-corrected chi connectivity index (χ3v) is 2.91. The zero-order chi connectivity index (χ0) is 13.3. The van der Waals surface area contributed by atoms with Gasteiger partial charge in [0.2, 0.25) is 0 Å². The lowest BCUT2D eigenvalue weighted by molar-refractivity contribution is -0.0460. The summed E-state index contributed by atoms with van der Waals surface area (Å²) in [4.78, 5) is 24.9. The zero-order valence-corrected chi connectivity index (χ0v) is 9.44. The fraction of sp³-hybridized carbons (Fsp3) is 0.600. The molecule has 0 saturated carbocycles. The summed E-state index contributed by atoms with van der Waals surface area (Å²) in [6.07, 6.45) is -1.09. The lowest BCUT2D eigenvalue weighted by Gasteiger charge is -2.14. The maximum atomic E-state index is 11.6. The van der Waals surface area contributed by atoms with E-state index in [4.69, 9.17) is 14.9 Å². The zero-order valence-electron chi connectivity index (χ0n) is 9.44. The van der Waals surface area contributed by atoms with E-state index < -0.39 is 36.3 Å². The Morgan fingerprint density at radius 2 is 2.17 bits per heavy atom. The summed E-state index contributed by atoms with van der Waals surface area (Å²) in [6, 6.07) is 0. The third kappa shape index (κ3) is 2.23. The predicted octanol–water partition coefficient (Wildman–Crippen LogP) is -2.33. The minimum absolute atomic E-state index is 0.0279. The Morgan fingerprint density at radius 3 is 2.72 bits per heavy atom. The van der Waals surface area contributed by atoms with Crippen molar-refractivity contribution in [1.82, 2.24) is 9.55 Å². The molecule has 1 aliphatic rings. The van der Waals surface area contributed by atoms with Gasteiger partial charge in [0.25, 0.3) is 5.56 Å². The molecule has 0 spiro atoms. The summed E-state index contributed by atoms with van der Waals surface area (Å²) in [6.45, 7) is -0.864. The van der Waals surface area contributed by atoms with Gasteiger partial charge in [0.1, 0.15) is 12.3 Å². The third-order valence-electron chi connectivity index (χ3n) is 2.91. The molecule has 0 bridgehead atoms. The van der Waals surface area contributed by atoms with Gasteiger partial charge in [0.15, 0.2) is 0 Å². The van der Waals surface area contributed by atoms with Crippen molar-refractivity contribution in [3.63, 3.8) is 0 Å². The molecule has 1 aromatic heterocycles. The molecule has 100 valence electrons. The summed E-state index contributed by atoms with van der Waals surface area (Å²) >= 11 is 0. The molecule has 0 unspecified atom stereocenters. The summed E-state index contributed by atoms with van der Waals surface area (Å²) in [5.74, 6) is 0. The highest BCUT2D eigenvalue weighted by atomic mass is 16.5. The van der Waals surface area contributed by atoms with Crippen molar-refractivity contribution >= 4 is 0 Å². The number of aromatic amines is 1. The Hall–Kier alpha value is -1.48. The normalized spacial score (nSPS) is 27.6. The maximum Gasteiger partial charge on any atom is 0.330 e. The van der Waals surface area contributed by atoms with Gasteiger partial charge in [-0.15, -0.1) is 0 Å². The van der Waals surface area contributed by atoms with Crippen LogP contribution in [0, 0.1) is 0 Å². The number of aromatic nitrogens is 2. The minimum atomic E-state index is -0.878. The molecule has 1 aliphatic heterocycles. The van der Waals surface area contributed by atoms with Crippen molar-refractivity contribution in [3.8, 4) is 0 Å². The van der Waals surface area contributed by atoms with Gasteiger partial charge in [-0.3, -0.25) is 14.3 Å². The SMILES string of the molecule is O=c1[nH]c(=O)n([C@@H]2C[C@H](O)[C@@H](CO)O2)cc1CO. The first kappa shape index (κ1) is 13.0. The highest BCUT2D eigenvalue weighted by Crippen LogP contribution is 2.27. The van der Waals surface area contributed by atoms with Crippen LogP contribution in [0.4, 0.5) is 0 Å². The number of nitrogens with zero attached hydrogens (tertiary/aromatic N) is 1. The molecule has 2 rings (SSSR count). The van der Waals surface area contributed by atoms with Crippen molar-refractivity contribution in [3.05, 3.63) is 32.6 Å². The average molecular weight is 258 g/mol. The fourth-order valence-corrected chi connectivity index (χ4v) is 1.90. The van der Waals surface area contributed by atoms with E-state index in [0.717, 1.165) is 4.57 Å². The van der Waals surface area contributed by atoms with Crippen LogP contribution in [-0.2, 0) is 11.3 Å². The van der Waals surface area contributed by atoms with Crippen molar-refractivity contribution < 1.29 is 20.1 Å². The van der Waals surface area contributed by atoms with Gasteiger partial charge in [0, 0.05) is 12.6 Å². The number of ether oxygens (including phenoxy) is 1. The van der Waals surface area contributed by atoms with Gasteiger partial charge in [-0.25, -0.2) is 4.79 Å². The van der Waals surface area contributed by atoms with E-state index in [1.54, 1.807) is 0 Å². The van der Waals surface area contributed by atoms with Crippen LogP contribution in [0.15, 0.2) is 15.8 Å². The van der Waals surface area contributed by atoms with Gasteiger partial charge >= 0.3 is 5.69 Å². The Bertz CT molecular complexity index is 536. The second-order valence-electron chi connectivity index (χ2n) is 4.09. The molecule has 0 radical (unpaired) electrons. The molecule has 1 fully saturated rings. The van der Waals surface area contributed by atoms with Crippen molar-refractivity contribution in [2.75, 3.05) is 6.61 Å². The molecule has 1 aromatic rings. The first-order chi connectivity index (χ1) is 8.56. The Morgan fingerprint density at radius 1 is 1.44 bits per heavy atom. The first-order valence-corrected chi connectivity index (χ1v) is 5.46. The van der Waals surface area contributed by atoms with E-state index in [0.29, 0.717) is 0 Å². The highest BCUT2D eigenvalue weighted by molar-refractivity contribution is 5.03. The molecular formula is C10H14N2O6. The first-order valence-electron chi connectivity index (χ1n) is 5.46. The van der Waals surface area contributed by atoms with Gasteiger partial charge in [0.05, 0.1) is 24.9 Å². The molecule has 2 heterocycles. The number of H-pyrrole nitrogens is 1. The Labute approximate surface area is 101 Å². The maximum absolute atomic E-state index is 11.6. The number of aliphatic hydroxyl groups is 3. The predicted molar refractivity (Wildman–Crippen MR) is 58.9 cm³/mol. The van der Waals surface area contributed by atoms with E-state index >= 15 is 0 Å². The van der Waals surface area contributed by atoms with E-state index in [-0.39, 0.29) is 18.6 Å². The molecule has 3 atom stereocenters. The summed E-state index contributed by atoms with van der Waals surface area (Å²) in [7, 11) is 0. The molecule has 18 heavy (non-hydrogen) atoms. The van der Waals surface area contributed by atoms with E-state index in [1.807, 2.05) is 0 Å². The van der Waals surface area contributed by atoms with E-state index in [9.17, 15) is 14.7 Å². The number of hydrogen-bond acceptors (Lipinski definition) is 6.